The Morgan fingerprint density at radius 2 is 2.14 bits per heavy atom. The molecule has 0 saturated carbocycles. The number of hydrogen-bond acceptors (Lipinski definition) is 4. The first-order valence-electron chi connectivity index (χ1n) is 6.28. The van der Waals surface area contributed by atoms with Gasteiger partial charge in [0.05, 0.1) is 19.1 Å². The summed E-state index contributed by atoms with van der Waals surface area (Å²) in [4.78, 5) is 24.0. The molecule has 6 nitrogen and oxygen atoms in total. The monoisotopic (exact) mass is 330 g/mol. The highest BCUT2D eigenvalue weighted by Crippen LogP contribution is 2.19. The second-order valence-electron chi connectivity index (χ2n) is 4.42. The first-order chi connectivity index (χ1) is 9.79. The summed E-state index contributed by atoms with van der Waals surface area (Å²) in [5, 5.41) is 11.2. The lowest BCUT2D eigenvalue weighted by Crippen LogP contribution is -2.51. The maximum Gasteiger partial charge on any atom is 0.411 e. The van der Waals surface area contributed by atoms with E-state index in [1.54, 1.807) is 11.8 Å². The topological polar surface area (TPSA) is 78.9 Å². The molecule has 0 aromatic rings. The number of carboxylic acid groups (broad SMARTS) is 1. The molecule has 1 atom stereocenters. The van der Waals surface area contributed by atoms with Crippen LogP contribution in [-0.2, 0) is 9.53 Å². The fourth-order valence-electron chi connectivity index (χ4n) is 1.81. The number of halogens is 3. The van der Waals surface area contributed by atoms with Crippen molar-refractivity contribution in [3.05, 3.63) is 0 Å². The van der Waals surface area contributed by atoms with Crippen molar-refractivity contribution >= 4 is 23.8 Å². The molecule has 10 heteroatoms. The van der Waals surface area contributed by atoms with Crippen LogP contribution in [0.5, 0.6) is 0 Å². The number of carbonyl (C=O) groups is 2. The zero-order valence-electron chi connectivity index (χ0n) is 11.2. The summed E-state index contributed by atoms with van der Waals surface area (Å²) in [5.41, 5.74) is 0. The molecule has 0 aromatic carbocycles. The van der Waals surface area contributed by atoms with E-state index in [1.807, 2.05) is 0 Å². The summed E-state index contributed by atoms with van der Waals surface area (Å²) in [7, 11) is 0. The molecule has 122 valence electrons. The Morgan fingerprint density at radius 1 is 1.43 bits per heavy atom. The van der Waals surface area contributed by atoms with Crippen LogP contribution in [0.2, 0.25) is 0 Å². The van der Waals surface area contributed by atoms with Gasteiger partial charge in [-0.05, 0) is 0 Å². The van der Waals surface area contributed by atoms with Gasteiger partial charge < -0.3 is 20.1 Å². The van der Waals surface area contributed by atoms with Crippen LogP contribution < -0.4 is 5.32 Å². The number of aliphatic carboxylic acids is 1. The third-order valence-corrected chi connectivity index (χ3v) is 3.78. The molecule has 2 N–H and O–H groups in total. The van der Waals surface area contributed by atoms with Crippen molar-refractivity contribution in [2.45, 2.75) is 18.6 Å². The normalized spacial score (nSPS) is 19.4. The van der Waals surface area contributed by atoms with Gasteiger partial charge in [-0.25, -0.2) is 4.79 Å². The molecule has 2 amide bonds. The van der Waals surface area contributed by atoms with Gasteiger partial charge in [0.1, 0.15) is 6.61 Å². The minimum atomic E-state index is -4.39. The highest BCUT2D eigenvalue weighted by atomic mass is 32.2. The number of nitrogens with one attached hydrogen (secondary N) is 1. The maximum atomic E-state index is 11.9. The van der Waals surface area contributed by atoms with Crippen LogP contribution in [0.4, 0.5) is 18.0 Å². The van der Waals surface area contributed by atoms with E-state index in [-0.39, 0.29) is 19.6 Å². The third-order valence-electron chi connectivity index (χ3n) is 2.69. The Kier molecular flexibility index (Phi) is 7.09. The summed E-state index contributed by atoms with van der Waals surface area (Å²) >= 11 is 1.57. The molecule has 0 aromatic heterocycles. The van der Waals surface area contributed by atoms with Crippen molar-refractivity contribution in [2.24, 2.45) is 0 Å². The van der Waals surface area contributed by atoms with Crippen molar-refractivity contribution in [1.82, 2.24) is 10.2 Å². The van der Waals surface area contributed by atoms with Gasteiger partial charge >= 0.3 is 18.2 Å². The molecule has 0 radical (unpaired) electrons. The van der Waals surface area contributed by atoms with E-state index < -0.39 is 30.8 Å². The lowest BCUT2D eigenvalue weighted by atomic mass is 10.2. The molecular formula is C11H17F3N2O4S. The van der Waals surface area contributed by atoms with Gasteiger partial charge in [0.2, 0.25) is 0 Å². The number of urea groups is 1. The molecule has 1 fully saturated rings. The Labute approximate surface area is 124 Å². The van der Waals surface area contributed by atoms with E-state index in [0.717, 1.165) is 0 Å². The molecule has 1 aliphatic heterocycles. The molecule has 1 heterocycles. The van der Waals surface area contributed by atoms with E-state index in [1.165, 1.54) is 4.90 Å². The molecule has 1 aliphatic rings. The lowest BCUT2D eigenvalue weighted by molar-refractivity contribution is -0.173. The van der Waals surface area contributed by atoms with Gasteiger partial charge in [-0.1, -0.05) is 0 Å². The van der Waals surface area contributed by atoms with Gasteiger partial charge in [-0.2, -0.15) is 24.9 Å². The molecule has 1 unspecified atom stereocenters. The van der Waals surface area contributed by atoms with Gasteiger partial charge in [0.25, 0.3) is 0 Å². The van der Waals surface area contributed by atoms with E-state index >= 15 is 0 Å². The Morgan fingerprint density at radius 3 is 2.76 bits per heavy atom. The number of thioether (sulfide) groups is 1. The average Bonchev–Trinajstić information content (AvgIpc) is 2.36. The van der Waals surface area contributed by atoms with E-state index in [2.05, 4.69) is 10.1 Å². The number of hydrogen-bond donors (Lipinski definition) is 2. The number of carbonyl (C=O) groups excluding carboxylic acids is 1. The predicted molar refractivity (Wildman–Crippen MR) is 70.3 cm³/mol. The van der Waals surface area contributed by atoms with Crippen molar-refractivity contribution in [1.29, 1.82) is 0 Å². The number of ether oxygens (including phenoxy) is 1. The molecular weight excluding hydrogens is 313 g/mol. The third kappa shape index (κ3) is 7.42. The Bertz CT molecular complexity index is 368. The fourth-order valence-corrected chi connectivity index (χ4v) is 2.87. The number of carboxylic acids is 1. The lowest BCUT2D eigenvalue weighted by Gasteiger charge is -2.34. The minimum Gasteiger partial charge on any atom is -0.481 e. The van der Waals surface area contributed by atoms with Gasteiger partial charge in [0, 0.05) is 24.6 Å². The molecule has 21 heavy (non-hydrogen) atoms. The largest absolute Gasteiger partial charge is 0.481 e. The molecule has 1 rings (SSSR count). The van der Waals surface area contributed by atoms with Crippen LogP contribution in [0.1, 0.15) is 6.42 Å². The number of amides is 2. The van der Waals surface area contributed by atoms with E-state index in [0.29, 0.717) is 18.1 Å². The zero-order chi connectivity index (χ0) is 15.9. The summed E-state index contributed by atoms with van der Waals surface area (Å²) in [5.74, 6) is 0.243. The van der Waals surface area contributed by atoms with Crippen molar-refractivity contribution in [3.63, 3.8) is 0 Å². The number of alkyl halides is 3. The van der Waals surface area contributed by atoms with Gasteiger partial charge in [-0.15, -0.1) is 0 Å². The first kappa shape index (κ1) is 17.9. The fraction of sp³-hybridized carbons (Fsp3) is 0.818. The van der Waals surface area contributed by atoms with Gasteiger partial charge in [-0.3, -0.25) is 4.79 Å². The van der Waals surface area contributed by atoms with Crippen LogP contribution in [0.3, 0.4) is 0 Å². The highest BCUT2D eigenvalue weighted by molar-refractivity contribution is 7.99. The Balaban J connectivity index is 2.30. The zero-order valence-corrected chi connectivity index (χ0v) is 12.0. The molecule has 0 spiro atoms. The van der Waals surface area contributed by atoms with Crippen molar-refractivity contribution in [3.8, 4) is 0 Å². The first-order valence-corrected chi connectivity index (χ1v) is 7.43. The van der Waals surface area contributed by atoms with Crippen LogP contribution in [0, 0.1) is 0 Å². The molecule has 0 bridgehead atoms. The summed E-state index contributed by atoms with van der Waals surface area (Å²) in [6, 6.07) is -0.880. The average molecular weight is 330 g/mol. The second kappa shape index (κ2) is 8.32. The summed E-state index contributed by atoms with van der Waals surface area (Å²) in [6.07, 6.45) is -4.54. The standard InChI is InChI=1S/C11H17F3N2O4S/c12-11(13,14)7-20-3-1-15-10(19)16-2-4-21-6-8(16)5-9(17)18/h8H,1-7H2,(H,15,19)(H,17,18). The summed E-state index contributed by atoms with van der Waals surface area (Å²) in [6.45, 7) is -1.25. The quantitative estimate of drug-likeness (QED) is 0.715. The number of rotatable bonds is 6. The molecule has 1 saturated heterocycles. The smallest absolute Gasteiger partial charge is 0.411 e. The second-order valence-corrected chi connectivity index (χ2v) is 5.57. The highest BCUT2D eigenvalue weighted by Gasteiger charge is 2.29. The number of nitrogens with zero attached hydrogens (tertiary/aromatic N) is 1. The Hall–Kier alpha value is -1.16. The van der Waals surface area contributed by atoms with Crippen LogP contribution >= 0.6 is 11.8 Å². The molecule has 0 aliphatic carbocycles. The van der Waals surface area contributed by atoms with E-state index in [9.17, 15) is 22.8 Å². The predicted octanol–water partition coefficient (Wildman–Crippen LogP) is 1.17. The summed E-state index contributed by atoms with van der Waals surface area (Å²) < 4.78 is 39.9. The van der Waals surface area contributed by atoms with Crippen molar-refractivity contribution in [2.75, 3.05) is 37.8 Å². The SMILES string of the molecule is O=C(O)CC1CSCCN1C(=O)NCCOCC(F)(F)F. The van der Waals surface area contributed by atoms with E-state index in [4.69, 9.17) is 5.11 Å². The van der Waals surface area contributed by atoms with Crippen LogP contribution in [0.25, 0.3) is 0 Å². The van der Waals surface area contributed by atoms with Crippen LogP contribution in [-0.4, -0.2) is 72.0 Å². The van der Waals surface area contributed by atoms with Crippen LogP contribution in [0.15, 0.2) is 0 Å². The van der Waals surface area contributed by atoms with Crippen molar-refractivity contribution < 1.29 is 32.6 Å². The van der Waals surface area contributed by atoms with Gasteiger partial charge in [0.15, 0.2) is 0 Å². The maximum absolute atomic E-state index is 11.9. The minimum absolute atomic E-state index is 0.0572.